The number of nitrogens with zero attached hydrogens (tertiary/aromatic N) is 1. The van der Waals surface area contributed by atoms with Crippen LogP contribution in [0, 0.1) is 5.92 Å². The number of piperidine rings is 1. The highest BCUT2D eigenvalue weighted by atomic mass is 16.2. The molecule has 1 saturated heterocycles. The molecule has 0 bridgehead atoms. The third-order valence-corrected chi connectivity index (χ3v) is 4.80. The standard InChI is InChI=1S/C21H25N3O2/c22-21(26)18-10-6-12-24(14-18)15-20(25)23-19-11-5-4-9-17(19)13-16-7-2-1-3-8-16/h1-5,7-9,11,18H,6,10,12-15H2,(H2,22,26)(H,23,25)/t18-/m0/s1. The first-order valence-electron chi connectivity index (χ1n) is 9.05. The molecule has 5 heteroatoms. The lowest BCUT2D eigenvalue weighted by Crippen LogP contribution is -2.44. The van der Waals surface area contributed by atoms with E-state index in [9.17, 15) is 9.59 Å². The van der Waals surface area contributed by atoms with Crippen LogP contribution in [0.5, 0.6) is 0 Å². The number of hydrogen-bond donors (Lipinski definition) is 2. The lowest BCUT2D eigenvalue weighted by atomic mass is 9.97. The van der Waals surface area contributed by atoms with Crippen LogP contribution in [0.15, 0.2) is 54.6 Å². The number of anilines is 1. The number of para-hydroxylation sites is 1. The van der Waals surface area contributed by atoms with E-state index in [0.717, 1.165) is 37.1 Å². The summed E-state index contributed by atoms with van der Waals surface area (Å²) >= 11 is 0. The van der Waals surface area contributed by atoms with Gasteiger partial charge in [0, 0.05) is 12.2 Å². The van der Waals surface area contributed by atoms with Crippen LogP contribution in [-0.2, 0) is 16.0 Å². The molecule has 1 heterocycles. The average molecular weight is 351 g/mol. The van der Waals surface area contributed by atoms with Gasteiger partial charge < -0.3 is 11.1 Å². The van der Waals surface area contributed by atoms with Crippen molar-refractivity contribution in [3.63, 3.8) is 0 Å². The van der Waals surface area contributed by atoms with E-state index >= 15 is 0 Å². The molecule has 0 radical (unpaired) electrons. The predicted molar refractivity (Wildman–Crippen MR) is 103 cm³/mol. The molecule has 2 aromatic carbocycles. The second kappa shape index (κ2) is 8.63. The summed E-state index contributed by atoms with van der Waals surface area (Å²) in [5.74, 6) is -0.485. The van der Waals surface area contributed by atoms with Crippen molar-refractivity contribution in [3.05, 3.63) is 65.7 Å². The fourth-order valence-electron chi connectivity index (χ4n) is 3.44. The molecule has 1 fully saturated rings. The van der Waals surface area contributed by atoms with Gasteiger partial charge in [0.25, 0.3) is 0 Å². The van der Waals surface area contributed by atoms with Gasteiger partial charge in [-0.1, -0.05) is 48.5 Å². The smallest absolute Gasteiger partial charge is 0.238 e. The Labute approximate surface area is 154 Å². The maximum atomic E-state index is 12.5. The number of hydrogen-bond acceptors (Lipinski definition) is 3. The number of benzene rings is 2. The predicted octanol–water partition coefficient (Wildman–Crippen LogP) is 2.41. The van der Waals surface area contributed by atoms with Crippen LogP contribution in [0.2, 0.25) is 0 Å². The summed E-state index contributed by atoms with van der Waals surface area (Å²) in [7, 11) is 0. The van der Waals surface area contributed by atoms with Crippen LogP contribution in [0.1, 0.15) is 24.0 Å². The first kappa shape index (κ1) is 18.1. The molecule has 0 aromatic heterocycles. The maximum Gasteiger partial charge on any atom is 0.238 e. The Morgan fingerprint density at radius 1 is 1.08 bits per heavy atom. The number of nitrogens with one attached hydrogen (secondary N) is 1. The van der Waals surface area contributed by atoms with Gasteiger partial charge in [-0.05, 0) is 43.0 Å². The topological polar surface area (TPSA) is 75.4 Å². The highest BCUT2D eigenvalue weighted by Crippen LogP contribution is 2.20. The lowest BCUT2D eigenvalue weighted by Gasteiger charge is -2.30. The fraction of sp³-hybridized carbons (Fsp3) is 0.333. The minimum atomic E-state index is -0.275. The Bertz CT molecular complexity index is 761. The molecule has 2 amide bonds. The van der Waals surface area contributed by atoms with E-state index < -0.39 is 0 Å². The Morgan fingerprint density at radius 3 is 2.58 bits per heavy atom. The van der Waals surface area contributed by atoms with Gasteiger partial charge in [-0.3, -0.25) is 14.5 Å². The highest BCUT2D eigenvalue weighted by molar-refractivity contribution is 5.93. The zero-order valence-corrected chi connectivity index (χ0v) is 14.9. The van der Waals surface area contributed by atoms with Crippen LogP contribution in [-0.4, -0.2) is 36.3 Å². The molecular formula is C21H25N3O2. The largest absolute Gasteiger partial charge is 0.369 e. The molecule has 1 aliphatic heterocycles. The summed E-state index contributed by atoms with van der Waals surface area (Å²) in [6.07, 6.45) is 2.48. The SMILES string of the molecule is NC(=O)[C@H]1CCCN(CC(=O)Nc2ccccc2Cc2ccccc2)C1. The zero-order chi connectivity index (χ0) is 18.4. The van der Waals surface area contributed by atoms with Gasteiger partial charge >= 0.3 is 0 Å². The molecule has 3 rings (SSSR count). The van der Waals surface area contributed by atoms with Crippen molar-refractivity contribution < 1.29 is 9.59 Å². The van der Waals surface area contributed by atoms with Crippen molar-refractivity contribution in [2.24, 2.45) is 11.7 Å². The lowest BCUT2D eigenvalue weighted by molar-refractivity contribution is -0.125. The van der Waals surface area contributed by atoms with E-state index in [0.29, 0.717) is 6.54 Å². The molecule has 3 N–H and O–H groups in total. The molecule has 0 saturated carbocycles. The molecule has 0 unspecified atom stereocenters. The van der Waals surface area contributed by atoms with E-state index in [2.05, 4.69) is 17.4 Å². The van der Waals surface area contributed by atoms with E-state index in [1.54, 1.807) is 0 Å². The third kappa shape index (κ3) is 4.92. The number of rotatable bonds is 6. The minimum absolute atomic E-state index is 0.0596. The highest BCUT2D eigenvalue weighted by Gasteiger charge is 2.25. The van der Waals surface area contributed by atoms with Gasteiger partial charge in [-0.2, -0.15) is 0 Å². The van der Waals surface area contributed by atoms with Crippen molar-refractivity contribution in [2.75, 3.05) is 25.0 Å². The van der Waals surface area contributed by atoms with Crippen LogP contribution in [0.3, 0.4) is 0 Å². The first-order valence-corrected chi connectivity index (χ1v) is 9.05. The van der Waals surface area contributed by atoms with E-state index in [1.165, 1.54) is 5.56 Å². The second-order valence-corrected chi connectivity index (χ2v) is 6.84. The maximum absolute atomic E-state index is 12.5. The van der Waals surface area contributed by atoms with Crippen LogP contribution < -0.4 is 11.1 Å². The Morgan fingerprint density at radius 2 is 1.81 bits per heavy atom. The molecule has 2 aromatic rings. The zero-order valence-electron chi connectivity index (χ0n) is 14.9. The van der Waals surface area contributed by atoms with Crippen molar-refractivity contribution in [3.8, 4) is 0 Å². The van der Waals surface area contributed by atoms with E-state index in [-0.39, 0.29) is 24.3 Å². The van der Waals surface area contributed by atoms with E-state index in [4.69, 9.17) is 5.73 Å². The number of primary amides is 1. The van der Waals surface area contributed by atoms with Gasteiger partial charge in [0.1, 0.15) is 0 Å². The Balaban J connectivity index is 1.62. The van der Waals surface area contributed by atoms with Crippen molar-refractivity contribution in [2.45, 2.75) is 19.3 Å². The molecule has 5 nitrogen and oxygen atoms in total. The summed E-state index contributed by atoms with van der Waals surface area (Å²) in [6, 6.07) is 18.1. The number of carbonyl (C=O) groups excluding carboxylic acids is 2. The molecule has 26 heavy (non-hydrogen) atoms. The van der Waals surface area contributed by atoms with Gasteiger partial charge in [0.05, 0.1) is 12.5 Å². The Kier molecular flexibility index (Phi) is 6.02. The number of amides is 2. The molecule has 136 valence electrons. The number of likely N-dealkylation sites (tertiary alicyclic amines) is 1. The summed E-state index contributed by atoms with van der Waals surface area (Å²) < 4.78 is 0. The summed E-state index contributed by atoms with van der Waals surface area (Å²) in [5.41, 5.74) is 8.54. The first-order chi connectivity index (χ1) is 12.6. The molecule has 0 aliphatic carbocycles. The molecular weight excluding hydrogens is 326 g/mol. The van der Waals surface area contributed by atoms with Crippen molar-refractivity contribution >= 4 is 17.5 Å². The van der Waals surface area contributed by atoms with Crippen LogP contribution in [0.4, 0.5) is 5.69 Å². The summed E-state index contributed by atoms with van der Waals surface area (Å²) in [5, 5.41) is 3.03. The van der Waals surface area contributed by atoms with Gasteiger partial charge in [0.2, 0.25) is 11.8 Å². The Hall–Kier alpha value is -2.66. The summed E-state index contributed by atoms with van der Waals surface area (Å²) in [6.45, 7) is 1.67. The molecule has 1 aliphatic rings. The van der Waals surface area contributed by atoms with Crippen LogP contribution >= 0.6 is 0 Å². The van der Waals surface area contributed by atoms with Crippen molar-refractivity contribution in [1.82, 2.24) is 4.90 Å². The fourth-order valence-corrected chi connectivity index (χ4v) is 3.44. The molecule has 0 spiro atoms. The molecule has 1 atom stereocenters. The van der Waals surface area contributed by atoms with E-state index in [1.807, 2.05) is 47.4 Å². The average Bonchev–Trinajstić information content (AvgIpc) is 2.64. The second-order valence-electron chi connectivity index (χ2n) is 6.84. The minimum Gasteiger partial charge on any atom is -0.369 e. The van der Waals surface area contributed by atoms with Crippen molar-refractivity contribution in [1.29, 1.82) is 0 Å². The number of nitrogens with two attached hydrogens (primary N) is 1. The third-order valence-electron chi connectivity index (χ3n) is 4.80. The van der Waals surface area contributed by atoms with Crippen LogP contribution in [0.25, 0.3) is 0 Å². The summed E-state index contributed by atoms with van der Waals surface area (Å²) in [4.78, 5) is 25.9. The monoisotopic (exact) mass is 351 g/mol. The quantitative estimate of drug-likeness (QED) is 0.839. The normalized spacial score (nSPS) is 17.6. The van der Waals surface area contributed by atoms with Gasteiger partial charge in [0.15, 0.2) is 0 Å². The number of carbonyl (C=O) groups is 2. The van der Waals surface area contributed by atoms with Gasteiger partial charge in [-0.15, -0.1) is 0 Å². The van der Waals surface area contributed by atoms with Gasteiger partial charge in [-0.25, -0.2) is 0 Å².